The lowest BCUT2D eigenvalue weighted by Gasteiger charge is -2.02. The van der Waals surface area contributed by atoms with Gasteiger partial charge in [0, 0.05) is 11.0 Å². The second-order valence-electron chi connectivity index (χ2n) is 2.36. The summed E-state index contributed by atoms with van der Waals surface area (Å²) in [6.45, 7) is 0. The number of nitrogens with two attached hydrogens (primary N) is 1. The highest BCUT2D eigenvalue weighted by atomic mass is 32.2. The second-order valence-corrected chi connectivity index (χ2v) is 3.14. The Kier molecular flexibility index (Phi) is 3.68. The summed E-state index contributed by atoms with van der Waals surface area (Å²) in [5, 5.41) is 30.9. The molecule has 0 unspecified atom stereocenters. The summed E-state index contributed by atoms with van der Waals surface area (Å²) in [5.41, 5.74) is 4.57. The van der Waals surface area contributed by atoms with E-state index in [2.05, 4.69) is 9.37 Å². The van der Waals surface area contributed by atoms with Crippen LogP contribution in [0, 0.1) is 10.1 Å². The van der Waals surface area contributed by atoms with E-state index in [1.54, 1.807) is 0 Å². The minimum absolute atomic E-state index is 0.173. The quantitative estimate of drug-likeness (QED) is 0.177. The van der Waals surface area contributed by atoms with E-state index < -0.39 is 16.4 Å². The maximum atomic E-state index is 10.5. The molecule has 9 heteroatoms. The maximum absolute atomic E-state index is 10.5. The lowest BCUT2D eigenvalue weighted by atomic mass is 10.2. The number of benzene rings is 1. The Morgan fingerprint density at radius 1 is 1.53 bits per heavy atom. The largest absolute Gasteiger partial charge is 0.501 e. The molecule has 0 spiro atoms. The van der Waals surface area contributed by atoms with Crippen LogP contribution >= 0.6 is 12.0 Å². The lowest BCUT2D eigenvalue weighted by Crippen LogP contribution is -1.94. The van der Waals surface area contributed by atoms with Crippen LogP contribution in [0.15, 0.2) is 17.0 Å². The second kappa shape index (κ2) is 4.79. The number of nitro groups is 1. The van der Waals surface area contributed by atoms with Crippen LogP contribution in [0.5, 0.6) is 5.75 Å². The number of phenolic OH excluding ortho intramolecular Hbond substituents is 1. The van der Waals surface area contributed by atoms with E-state index in [4.69, 9.17) is 11.0 Å². The standard InChI is InChI=1S/C6H6N2O6S/c7-4-1-3(15-14-13-12)2-5(6(4)9)8(10)11/h1-2,9,12H,7H2. The van der Waals surface area contributed by atoms with Crippen LogP contribution in [-0.4, -0.2) is 15.3 Å². The molecule has 1 rings (SSSR count). The fourth-order valence-electron chi connectivity index (χ4n) is 0.856. The van der Waals surface area contributed by atoms with Gasteiger partial charge in [-0.15, -0.1) is 4.33 Å². The van der Waals surface area contributed by atoms with Crippen molar-refractivity contribution in [2.75, 3.05) is 5.73 Å². The van der Waals surface area contributed by atoms with Gasteiger partial charge in [0.1, 0.15) is 0 Å². The molecule has 4 N–H and O–H groups in total. The molecule has 0 amide bonds. The summed E-state index contributed by atoms with van der Waals surface area (Å²) >= 11 is 0.507. The van der Waals surface area contributed by atoms with Gasteiger partial charge >= 0.3 is 5.69 Å². The molecule has 0 saturated carbocycles. The van der Waals surface area contributed by atoms with E-state index in [0.29, 0.717) is 12.0 Å². The van der Waals surface area contributed by atoms with Crippen LogP contribution in [0.1, 0.15) is 0 Å². The Balaban J connectivity index is 3.06. The van der Waals surface area contributed by atoms with E-state index in [1.807, 2.05) is 0 Å². The summed E-state index contributed by atoms with van der Waals surface area (Å²) in [7, 11) is 0. The summed E-state index contributed by atoms with van der Waals surface area (Å²) in [6, 6.07) is 2.25. The van der Waals surface area contributed by atoms with Crippen LogP contribution in [0.25, 0.3) is 0 Å². The van der Waals surface area contributed by atoms with Gasteiger partial charge in [0.05, 0.1) is 22.7 Å². The molecule has 0 aliphatic heterocycles. The monoisotopic (exact) mass is 234 g/mol. The topological polar surface area (TPSA) is 128 Å². The van der Waals surface area contributed by atoms with Gasteiger partial charge in [-0.2, -0.15) is 0 Å². The zero-order valence-electron chi connectivity index (χ0n) is 7.11. The third-order valence-electron chi connectivity index (χ3n) is 1.45. The summed E-state index contributed by atoms with van der Waals surface area (Å²) in [5.74, 6) is -0.616. The third-order valence-corrected chi connectivity index (χ3v) is 2.01. The summed E-state index contributed by atoms with van der Waals surface area (Å²) < 4.78 is 4.06. The van der Waals surface area contributed by atoms with Crippen molar-refractivity contribution in [1.29, 1.82) is 0 Å². The van der Waals surface area contributed by atoms with Gasteiger partial charge in [0.15, 0.2) is 0 Å². The van der Waals surface area contributed by atoms with Crippen molar-refractivity contribution < 1.29 is 24.7 Å². The molecule has 0 aliphatic carbocycles. The Bertz CT molecular complexity index is 384. The Labute approximate surface area is 87.4 Å². The van der Waals surface area contributed by atoms with E-state index in [-0.39, 0.29) is 10.6 Å². The summed E-state index contributed by atoms with van der Waals surface area (Å²) in [4.78, 5) is 9.86. The number of nitrogen functional groups attached to an aromatic ring is 1. The zero-order valence-corrected chi connectivity index (χ0v) is 7.93. The van der Waals surface area contributed by atoms with E-state index in [1.165, 1.54) is 6.07 Å². The van der Waals surface area contributed by atoms with E-state index >= 15 is 0 Å². The van der Waals surface area contributed by atoms with Crippen molar-refractivity contribution in [1.82, 2.24) is 0 Å². The van der Waals surface area contributed by atoms with Gasteiger partial charge in [-0.1, -0.05) is 5.04 Å². The molecule has 8 nitrogen and oxygen atoms in total. The molecule has 0 bridgehead atoms. The highest BCUT2D eigenvalue weighted by Gasteiger charge is 2.18. The Hall–Kier alpha value is -1.55. The molecule has 1 aromatic rings. The van der Waals surface area contributed by atoms with Crippen LogP contribution in [0.4, 0.5) is 11.4 Å². The van der Waals surface area contributed by atoms with Crippen molar-refractivity contribution in [3.05, 3.63) is 22.2 Å². The Morgan fingerprint density at radius 2 is 2.20 bits per heavy atom. The molecule has 0 radical (unpaired) electrons. The highest BCUT2D eigenvalue weighted by molar-refractivity contribution is 7.94. The fraction of sp³-hybridized carbons (Fsp3) is 0. The molecule has 82 valence electrons. The summed E-state index contributed by atoms with van der Waals surface area (Å²) in [6.07, 6.45) is 0. The first-order chi connectivity index (χ1) is 7.06. The molecule has 0 fully saturated rings. The third kappa shape index (κ3) is 2.70. The van der Waals surface area contributed by atoms with Gasteiger partial charge in [0.2, 0.25) is 5.75 Å². The van der Waals surface area contributed by atoms with Crippen LogP contribution < -0.4 is 5.73 Å². The molecule has 0 heterocycles. The molecule has 1 aromatic carbocycles. The first-order valence-electron chi connectivity index (χ1n) is 3.48. The number of nitro benzene ring substituents is 1. The SMILES string of the molecule is Nc1cc(SOOO)cc([N+](=O)[O-])c1O. The maximum Gasteiger partial charge on any atom is 0.314 e. The van der Waals surface area contributed by atoms with E-state index in [9.17, 15) is 15.2 Å². The van der Waals surface area contributed by atoms with Gasteiger partial charge in [-0.3, -0.25) is 10.1 Å². The molecule has 0 aromatic heterocycles. The zero-order chi connectivity index (χ0) is 11.4. The molecule has 0 aliphatic rings. The molecule has 15 heavy (non-hydrogen) atoms. The van der Waals surface area contributed by atoms with Crippen LogP contribution in [0.3, 0.4) is 0 Å². The molecular weight excluding hydrogens is 228 g/mol. The predicted molar refractivity (Wildman–Crippen MR) is 49.8 cm³/mol. The number of hydrogen-bond acceptors (Lipinski definition) is 8. The number of hydrogen-bond donors (Lipinski definition) is 3. The van der Waals surface area contributed by atoms with Gasteiger partial charge in [-0.05, 0) is 6.07 Å². The lowest BCUT2D eigenvalue weighted by molar-refractivity contribution is -0.432. The minimum atomic E-state index is -0.796. The predicted octanol–water partition coefficient (Wildman–Crippen LogP) is 1.31. The first kappa shape index (κ1) is 11.5. The van der Waals surface area contributed by atoms with Crippen molar-refractivity contribution in [2.24, 2.45) is 0 Å². The fourth-order valence-corrected chi connectivity index (χ4v) is 1.30. The van der Waals surface area contributed by atoms with Crippen molar-refractivity contribution in [2.45, 2.75) is 4.90 Å². The van der Waals surface area contributed by atoms with Crippen molar-refractivity contribution in [3.8, 4) is 5.75 Å². The highest BCUT2D eigenvalue weighted by Crippen LogP contribution is 2.36. The molecule has 0 atom stereocenters. The molecular formula is C6H6N2O6S. The van der Waals surface area contributed by atoms with Crippen LogP contribution in [0.2, 0.25) is 0 Å². The number of rotatable bonds is 4. The van der Waals surface area contributed by atoms with Gasteiger partial charge < -0.3 is 10.8 Å². The van der Waals surface area contributed by atoms with E-state index in [0.717, 1.165) is 6.07 Å². The number of aromatic hydroxyl groups is 1. The smallest absolute Gasteiger partial charge is 0.314 e. The minimum Gasteiger partial charge on any atom is -0.501 e. The first-order valence-corrected chi connectivity index (χ1v) is 4.22. The Morgan fingerprint density at radius 3 is 2.73 bits per heavy atom. The van der Waals surface area contributed by atoms with Crippen molar-refractivity contribution >= 4 is 23.4 Å². The average Bonchev–Trinajstić information content (AvgIpc) is 2.19. The number of phenols is 1. The van der Waals surface area contributed by atoms with Gasteiger partial charge in [-0.25, -0.2) is 5.26 Å². The number of anilines is 1. The average molecular weight is 234 g/mol. The van der Waals surface area contributed by atoms with Gasteiger partial charge in [0.25, 0.3) is 0 Å². The van der Waals surface area contributed by atoms with Crippen molar-refractivity contribution in [3.63, 3.8) is 0 Å². The number of nitrogens with zero attached hydrogens (tertiary/aromatic N) is 1. The van der Waals surface area contributed by atoms with Crippen LogP contribution in [-0.2, 0) is 9.37 Å². The normalized spacial score (nSPS) is 10.2. The molecule has 0 saturated heterocycles.